The van der Waals surface area contributed by atoms with Gasteiger partial charge in [-0.3, -0.25) is 4.79 Å². The summed E-state index contributed by atoms with van der Waals surface area (Å²) in [5.74, 6) is -0.0839. The number of piperidine rings is 1. The van der Waals surface area contributed by atoms with Gasteiger partial charge in [-0.1, -0.05) is 13.0 Å². The molecule has 148 valence electrons. The van der Waals surface area contributed by atoms with Crippen molar-refractivity contribution in [2.45, 2.75) is 42.5 Å². The molecule has 0 bridgehead atoms. The van der Waals surface area contributed by atoms with Crippen molar-refractivity contribution in [3.63, 3.8) is 0 Å². The number of aromatic hydroxyl groups is 1. The number of phenols is 1. The lowest BCUT2D eigenvalue weighted by atomic mass is 10.0. The van der Waals surface area contributed by atoms with Crippen molar-refractivity contribution in [2.24, 2.45) is 0 Å². The van der Waals surface area contributed by atoms with Gasteiger partial charge in [0.05, 0.1) is 5.69 Å². The summed E-state index contributed by atoms with van der Waals surface area (Å²) >= 11 is 1.78. The summed E-state index contributed by atoms with van der Waals surface area (Å²) < 4.78 is 0. The van der Waals surface area contributed by atoms with E-state index >= 15 is 0 Å². The van der Waals surface area contributed by atoms with E-state index < -0.39 is 0 Å². The molecule has 0 unspecified atom stereocenters. The van der Waals surface area contributed by atoms with Crippen LogP contribution in [0.3, 0.4) is 0 Å². The quantitative estimate of drug-likeness (QED) is 0.648. The molecule has 3 rings (SSSR count). The maximum atomic E-state index is 11.3. The molecule has 0 spiro atoms. The Bertz CT molecular complexity index is 839. The number of phenolic OH excluding ortho intramolecular Hbond substituents is 1. The van der Waals surface area contributed by atoms with Gasteiger partial charge in [-0.2, -0.15) is 0 Å². The Labute approximate surface area is 169 Å². The van der Waals surface area contributed by atoms with Crippen molar-refractivity contribution in [3.05, 3.63) is 42.0 Å². The number of rotatable bonds is 6. The van der Waals surface area contributed by atoms with Gasteiger partial charge in [0, 0.05) is 30.0 Å². The molecule has 2 atom stereocenters. The molecule has 2 aromatic rings. The van der Waals surface area contributed by atoms with Gasteiger partial charge in [-0.05, 0) is 61.7 Å². The van der Waals surface area contributed by atoms with Crippen molar-refractivity contribution in [1.29, 1.82) is 0 Å². The molecule has 3 N–H and O–H groups in total. The van der Waals surface area contributed by atoms with E-state index in [9.17, 15) is 9.90 Å². The molecule has 0 saturated carbocycles. The maximum absolute atomic E-state index is 11.3. The molecular weight excluding hydrogens is 372 g/mol. The molecule has 28 heavy (non-hydrogen) atoms. The lowest BCUT2D eigenvalue weighted by Crippen LogP contribution is -2.38. The topological polar surface area (TPSA) is 87.1 Å². The molecule has 2 heterocycles. The predicted octanol–water partition coefficient (Wildman–Crippen LogP) is 3.23. The van der Waals surface area contributed by atoms with E-state index in [4.69, 9.17) is 0 Å². The molecule has 1 fully saturated rings. The van der Waals surface area contributed by atoms with Crippen LogP contribution in [0, 0.1) is 0 Å². The van der Waals surface area contributed by atoms with Crippen LogP contribution in [0.5, 0.6) is 5.75 Å². The number of likely N-dealkylation sites (N-methyl/N-ethyl adjacent to an activating group) is 1. The average molecular weight is 399 g/mol. The molecule has 7 heteroatoms. The number of nitrogens with zero attached hydrogens (tertiary/aromatic N) is 2. The lowest BCUT2D eigenvalue weighted by molar-refractivity contribution is -0.115. The average Bonchev–Trinajstić information content (AvgIpc) is 2.73. The van der Waals surface area contributed by atoms with Crippen LogP contribution >= 0.6 is 11.8 Å². The summed E-state index contributed by atoms with van der Waals surface area (Å²) in [6.07, 6.45) is 6.50. The minimum Gasteiger partial charge on any atom is -0.507 e. The Hall–Kier alpha value is -2.38. The Morgan fingerprint density at radius 3 is 2.89 bits per heavy atom. The first-order valence-corrected chi connectivity index (χ1v) is 10.4. The highest BCUT2D eigenvalue weighted by atomic mass is 32.2. The first kappa shape index (κ1) is 20.4. The fourth-order valence-electron chi connectivity index (χ4n) is 3.21. The second-order valence-electron chi connectivity index (χ2n) is 6.80. The standard InChI is InChI=1S/C21H26N4O2S/c1-3-15-13-16(10-11-23-15)28-21-9-7-18(24-25-21)17-6-4-14(12-19(17)26)5-8-20(27)22-2/h4-9,12,15-16,23,26H,3,10-11,13H2,1-2H3,(H,22,27)/b8-5+/t15-,16-/m0/s1. The highest BCUT2D eigenvalue weighted by Gasteiger charge is 2.21. The van der Waals surface area contributed by atoms with Gasteiger partial charge in [0.2, 0.25) is 5.91 Å². The lowest BCUT2D eigenvalue weighted by Gasteiger charge is -2.28. The van der Waals surface area contributed by atoms with Gasteiger partial charge in [0.25, 0.3) is 0 Å². The smallest absolute Gasteiger partial charge is 0.243 e. The number of hydrogen-bond acceptors (Lipinski definition) is 6. The fourth-order valence-corrected chi connectivity index (χ4v) is 4.35. The van der Waals surface area contributed by atoms with Crippen LogP contribution < -0.4 is 10.6 Å². The Kier molecular flexibility index (Phi) is 7.06. The van der Waals surface area contributed by atoms with Crippen molar-refractivity contribution in [1.82, 2.24) is 20.8 Å². The third kappa shape index (κ3) is 5.33. The van der Waals surface area contributed by atoms with E-state index in [1.165, 1.54) is 6.08 Å². The number of amides is 1. The SMILES string of the molecule is CC[C@H]1C[C@@H](Sc2ccc(-c3ccc(/C=C/C(=O)NC)cc3O)nn2)CCN1. The zero-order valence-electron chi connectivity index (χ0n) is 16.2. The van der Waals surface area contributed by atoms with Crippen LogP contribution in [-0.2, 0) is 4.79 Å². The normalized spacial score (nSPS) is 19.6. The summed E-state index contributed by atoms with van der Waals surface area (Å²) in [6.45, 7) is 3.27. The second kappa shape index (κ2) is 9.71. The third-order valence-electron chi connectivity index (χ3n) is 4.84. The number of benzene rings is 1. The van der Waals surface area contributed by atoms with Gasteiger partial charge >= 0.3 is 0 Å². The van der Waals surface area contributed by atoms with E-state index in [0.717, 1.165) is 36.4 Å². The van der Waals surface area contributed by atoms with E-state index in [1.807, 2.05) is 18.2 Å². The fraction of sp³-hybridized carbons (Fsp3) is 0.381. The predicted molar refractivity (Wildman–Crippen MR) is 113 cm³/mol. The summed E-state index contributed by atoms with van der Waals surface area (Å²) in [6, 6.07) is 9.68. The molecule has 1 amide bonds. The van der Waals surface area contributed by atoms with Gasteiger partial charge in [-0.25, -0.2) is 0 Å². The van der Waals surface area contributed by atoms with Crippen LogP contribution in [-0.4, -0.2) is 46.1 Å². The number of carbonyl (C=O) groups excluding carboxylic acids is 1. The van der Waals surface area contributed by atoms with E-state index in [-0.39, 0.29) is 11.7 Å². The zero-order chi connectivity index (χ0) is 19.9. The van der Waals surface area contributed by atoms with Crippen LogP contribution in [0.4, 0.5) is 0 Å². The van der Waals surface area contributed by atoms with E-state index in [0.29, 0.717) is 22.5 Å². The highest BCUT2D eigenvalue weighted by Crippen LogP contribution is 2.32. The summed E-state index contributed by atoms with van der Waals surface area (Å²) in [5, 5.41) is 26.5. The Morgan fingerprint density at radius 1 is 1.36 bits per heavy atom. The molecule has 1 aromatic carbocycles. The maximum Gasteiger partial charge on any atom is 0.243 e. The second-order valence-corrected chi connectivity index (χ2v) is 8.13. The molecule has 0 radical (unpaired) electrons. The molecule has 1 aliphatic rings. The first-order valence-electron chi connectivity index (χ1n) is 9.56. The Balaban J connectivity index is 1.67. The summed E-state index contributed by atoms with van der Waals surface area (Å²) in [4.78, 5) is 11.3. The largest absolute Gasteiger partial charge is 0.507 e. The Morgan fingerprint density at radius 2 is 2.21 bits per heavy atom. The number of hydrogen-bond donors (Lipinski definition) is 3. The van der Waals surface area contributed by atoms with Crippen LogP contribution in [0.2, 0.25) is 0 Å². The molecule has 0 aliphatic carbocycles. The molecule has 6 nitrogen and oxygen atoms in total. The summed E-state index contributed by atoms with van der Waals surface area (Å²) in [5.41, 5.74) is 1.98. The van der Waals surface area contributed by atoms with Crippen molar-refractivity contribution >= 4 is 23.7 Å². The number of carbonyl (C=O) groups is 1. The van der Waals surface area contributed by atoms with Crippen LogP contribution in [0.15, 0.2) is 41.4 Å². The van der Waals surface area contributed by atoms with Gasteiger partial charge < -0.3 is 15.7 Å². The molecule has 1 saturated heterocycles. The van der Waals surface area contributed by atoms with Crippen molar-refractivity contribution < 1.29 is 9.90 Å². The number of aromatic nitrogens is 2. The molecule has 1 aromatic heterocycles. The molecule has 1 aliphatic heterocycles. The van der Waals surface area contributed by atoms with Crippen molar-refractivity contribution in [3.8, 4) is 17.0 Å². The summed E-state index contributed by atoms with van der Waals surface area (Å²) in [7, 11) is 1.57. The van der Waals surface area contributed by atoms with Crippen LogP contribution in [0.25, 0.3) is 17.3 Å². The number of thioether (sulfide) groups is 1. The van der Waals surface area contributed by atoms with E-state index in [1.54, 1.807) is 37.0 Å². The minimum atomic E-state index is -0.193. The van der Waals surface area contributed by atoms with Gasteiger partial charge in [0.15, 0.2) is 0 Å². The minimum absolute atomic E-state index is 0.109. The van der Waals surface area contributed by atoms with Gasteiger partial charge in [-0.15, -0.1) is 22.0 Å². The van der Waals surface area contributed by atoms with Gasteiger partial charge in [0.1, 0.15) is 10.8 Å². The third-order valence-corrected chi connectivity index (χ3v) is 6.06. The number of nitrogens with one attached hydrogen (secondary N) is 2. The molecular formula is C21H26N4O2S. The highest BCUT2D eigenvalue weighted by molar-refractivity contribution is 7.99. The van der Waals surface area contributed by atoms with E-state index in [2.05, 4.69) is 27.8 Å². The first-order chi connectivity index (χ1) is 13.6. The van der Waals surface area contributed by atoms with Crippen LogP contribution in [0.1, 0.15) is 31.7 Å². The van der Waals surface area contributed by atoms with Crippen molar-refractivity contribution in [2.75, 3.05) is 13.6 Å². The monoisotopic (exact) mass is 398 g/mol. The zero-order valence-corrected chi connectivity index (χ0v) is 17.0.